The summed E-state index contributed by atoms with van der Waals surface area (Å²) in [6, 6.07) is 11.8. The SMILES string of the molecule is CCCCC[C@H]1NC(=O)/C=C/C(=O)N[C@H](C(N)=O)CCCCNC(=O)[C@@H](Cc2ccc(C(=O)c3ccccc3)cc2)NC(=O)[C@@H](CC2CCCCC2)NC1=O. The Bertz CT molecular complexity index is 1660. The lowest BCUT2D eigenvalue weighted by atomic mass is 9.84. The fourth-order valence-electron chi connectivity index (χ4n) is 7.08. The Balaban J connectivity index is 1.61. The zero-order chi connectivity index (χ0) is 39.6. The number of carbonyl (C=O) groups excluding carboxylic acids is 7. The molecule has 6 amide bonds. The highest BCUT2D eigenvalue weighted by Crippen LogP contribution is 2.27. The predicted molar refractivity (Wildman–Crippen MR) is 208 cm³/mol. The molecule has 0 spiro atoms. The molecule has 13 nitrogen and oxygen atoms in total. The van der Waals surface area contributed by atoms with E-state index in [0.29, 0.717) is 48.8 Å². The third-order valence-electron chi connectivity index (χ3n) is 10.2. The van der Waals surface area contributed by atoms with Gasteiger partial charge in [-0.25, -0.2) is 0 Å². The van der Waals surface area contributed by atoms with E-state index in [1.807, 2.05) is 13.0 Å². The van der Waals surface area contributed by atoms with Crippen LogP contribution in [0.5, 0.6) is 0 Å². The molecule has 0 aromatic heterocycles. The van der Waals surface area contributed by atoms with Crippen molar-refractivity contribution >= 4 is 41.2 Å². The van der Waals surface area contributed by atoms with Crippen molar-refractivity contribution < 1.29 is 33.6 Å². The van der Waals surface area contributed by atoms with Gasteiger partial charge in [-0.3, -0.25) is 33.6 Å². The molecule has 2 aliphatic rings. The van der Waals surface area contributed by atoms with Crippen LogP contribution >= 0.6 is 0 Å². The lowest BCUT2D eigenvalue weighted by Crippen LogP contribution is -2.57. The van der Waals surface area contributed by atoms with Crippen molar-refractivity contribution in [3.63, 3.8) is 0 Å². The second-order valence-electron chi connectivity index (χ2n) is 14.6. The van der Waals surface area contributed by atoms with Crippen LogP contribution in [0.3, 0.4) is 0 Å². The topological polar surface area (TPSA) is 206 Å². The van der Waals surface area contributed by atoms with Crippen LogP contribution in [0.4, 0.5) is 0 Å². The van der Waals surface area contributed by atoms with Gasteiger partial charge < -0.3 is 32.3 Å². The Hall–Kier alpha value is -5.33. The monoisotopic (exact) mass is 756 g/mol. The Morgan fingerprint density at radius 1 is 0.655 bits per heavy atom. The van der Waals surface area contributed by atoms with Crippen molar-refractivity contribution in [2.24, 2.45) is 11.7 Å². The highest BCUT2D eigenvalue weighted by molar-refractivity contribution is 6.09. The molecule has 7 N–H and O–H groups in total. The fraction of sp³-hybridized carbons (Fsp3) is 0.500. The van der Waals surface area contributed by atoms with Crippen molar-refractivity contribution in [3.8, 4) is 0 Å². The van der Waals surface area contributed by atoms with Crippen LogP contribution < -0.4 is 32.3 Å². The molecular weight excluding hydrogens is 700 g/mol. The Labute approximate surface area is 323 Å². The van der Waals surface area contributed by atoms with Crippen LogP contribution in [0.1, 0.15) is 112 Å². The number of unbranched alkanes of at least 4 members (excludes halogenated alkanes) is 2. The summed E-state index contributed by atoms with van der Waals surface area (Å²) in [5.74, 6) is -3.56. The van der Waals surface area contributed by atoms with Gasteiger partial charge in [0.2, 0.25) is 35.4 Å². The molecular formula is C42H56N6O7. The third-order valence-corrected chi connectivity index (χ3v) is 10.2. The summed E-state index contributed by atoms with van der Waals surface area (Å²) in [6.45, 7) is 2.24. The number of primary amides is 1. The van der Waals surface area contributed by atoms with Gasteiger partial charge in [0.15, 0.2) is 5.78 Å². The Kier molecular flexibility index (Phi) is 17.1. The number of carbonyl (C=O) groups is 7. The zero-order valence-corrected chi connectivity index (χ0v) is 31.8. The summed E-state index contributed by atoms with van der Waals surface area (Å²) in [6.07, 6.45) is 11.2. The second kappa shape index (κ2) is 22.1. The summed E-state index contributed by atoms with van der Waals surface area (Å²) in [4.78, 5) is 92.5. The van der Waals surface area contributed by atoms with Crippen molar-refractivity contribution in [1.29, 1.82) is 0 Å². The summed E-state index contributed by atoms with van der Waals surface area (Å²) in [5, 5.41) is 13.9. The largest absolute Gasteiger partial charge is 0.368 e. The van der Waals surface area contributed by atoms with Gasteiger partial charge in [0.1, 0.15) is 24.2 Å². The normalized spacial score (nSPS) is 23.3. The second-order valence-corrected chi connectivity index (χ2v) is 14.6. The van der Waals surface area contributed by atoms with Crippen LogP contribution in [0.2, 0.25) is 0 Å². The van der Waals surface area contributed by atoms with E-state index in [0.717, 1.165) is 57.1 Å². The van der Waals surface area contributed by atoms with Crippen molar-refractivity contribution in [2.75, 3.05) is 6.54 Å². The molecule has 4 rings (SSSR count). The number of rotatable bonds is 11. The first kappa shape index (κ1) is 42.4. The van der Waals surface area contributed by atoms with E-state index in [2.05, 4.69) is 26.6 Å². The summed E-state index contributed by atoms with van der Waals surface area (Å²) < 4.78 is 0. The quantitative estimate of drug-likeness (QED) is 0.149. The first-order valence-electron chi connectivity index (χ1n) is 19.7. The number of ketones is 1. The molecule has 13 heteroatoms. The number of amides is 6. The summed E-state index contributed by atoms with van der Waals surface area (Å²) >= 11 is 0. The summed E-state index contributed by atoms with van der Waals surface area (Å²) in [7, 11) is 0. The molecule has 1 heterocycles. The van der Waals surface area contributed by atoms with Gasteiger partial charge in [-0.1, -0.05) is 113 Å². The number of benzene rings is 2. The lowest BCUT2D eigenvalue weighted by molar-refractivity contribution is -0.133. The van der Waals surface area contributed by atoms with E-state index in [1.54, 1.807) is 48.5 Å². The van der Waals surface area contributed by atoms with Gasteiger partial charge in [0.05, 0.1) is 0 Å². The Morgan fingerprint density at radius 2 is 1.27 bits per heavy atom. The smallest absolute Gasteiger partial charge is 0.244 e. The van der Waals surface area contributed by atoms with E-state index in [4.69, 9.17) is 5.73 Å². The highest BCUT2D eigenvalue weighted by atomic mass is 16.2. The molecule has 0 bridgehead atoms. The van der Waals surface area contributed by atoms with E-state index < -0.39 is 59.6 Å². The molecule has 1 saturated carbocycles. The molecule has 2 aromatic rings. The molecule has 2 aromatic carbocycles. The number of nitrogens with one attached hydrogen (secondary N) is 5. The fourth-order valence-corrected chi connectivity index (χ4v) is 7.08. The molecule has 1 aliphatic carbocycles. The maximum Gasteiger partial charge on any atom is 0.244 e. The average Bonchev–Trinajstić information content (AvgIpc) is 3.18. The van der Waals surface area contributed by atoms with E-state index in [1.165, 1.54) is 0 Å². The van der Waals surface area contributed by atoms with E-state index in [-0.39, 0.29) is 31.1 Å². The van der Waals surface area contributed by atoms with Gasteiger partial charge in [-0.2, -0.15) is 0 Å². The van der Waals surface area contributed by atoms with Crippen molar-refractivity contribution in [3.05, 3.63) is 83.4 Å². The van der Waals surface area contributed by atoms with E-state index in [9.17, 15) is 33.6 Å². The molecule has 55 heavy (non-hydrogen) atoms. The maximum atomic E-state index is 14.2. The minimum absolute atomic E-state index is 0.110. The number of nitrogens with two attached hydrogens (primary N) is 1. The van der Waals surface area contributed by atoms with E-state index >= 15 is 0 Å². The van der Waals surface area contributed by atoms with Gasteiger partial charge in [0.25, 0.3) is 0 Å². The van der Waals surface area contributed by atoms with Crippen LogP contribution in [0.15, 0.2) is 66.7 Å². The standard InChI is InChI=1S/C42H56N6O7/c1-2-3-6-18-33-41(54)48-35(26-28-13-7-4-8-14-28)42(55)47-34(27-29-19-21-31(22-20-29)38(51)30-15-9-5-10-16-30)40(53)44-25-12-11-17-32(39(43)52)45-36(49)23-24-37(50)46-33/h5,9-10,15-16,19-24,28,32-35H,2-4,6-8,11-14,17-18,25-27H2,1H3,(H2,43,52)(H,44,53)(H,45,49)(H,46,50)(H,47,55)(H,48,54)/b24-23+/t32-,33+,34+,35+/m0/s1. The molecule has 1 fully saturated rings. The molecule has 1 aliphatic heterocycles. The van der Waals surface area contributed by atoms with Gasteiger partial charge in [-0.05, 0) is 43.6 Å². The van der Waals surface area contributed by atoms with Crippen LogP contribution in [-0.4, -0.2) is 71.9 Å². The molecule has 296 valence electrons. The Morgan fingerprint density at radius 3 is 1.95 bits per heavy atom. The summed E-state index contributed by atoms with van der Waals surface area (Å²) in [5.41, 5.74) is 7.26. The third kappa shape index (κ3) is 14.1. The maximum absolute atomic E-state index is 14.2. The van der Waals surface area contributed by atoms with Gasteiger partial charge in [0, 0.05) is 36.2 Å². The minimum atomic E-state index is -1.03. The highest BCUT2D eigenvalue weighted by Gasteiger charge is 2.32. The molecule has 0 unspecified atom stereocenters. The first-order chi connectivity index (χ1) is 26.5. The lowest BCUT2D eigenvalue weighted by Gasteiger charge is -2.29. The number of hydrogen-bond donors (Lipinski definition) is 6. The van der Waals surface area contributed by atoms with Crippen molar-refractivity contribution in [2.45, 2.75) is 121 Å². The first-order valence-corrected chi connectivity index (χ1v) is 19.7. The predicted octanol–water partition coefficient (Wildman–Crippen LogP) is 3.29. The van der Waals surface area contributed by atoms with Crippen molar-refractivity contribution in [1.82, 2.24) is 26.6 Å². The molecule has 0 radical (unpaired) electrons. The minimum Gasteiger partial charge on any atom is -0.368 e. The zero-order valence-electron chi connectivity index (χ0n) is 31.8. The molecule has 0 saturated heterocycles. The molecule has 4 atom stereocenters. The van der Waals surface area contributed by atoms with Crippen LogP contribution in [0, 0.1) is 5.92 Å². The number of hydrogen-bond acceptors (Lipinski definition) is 7. The van der Waals surface area contributed by atoms with Gasteiger partial charge >= 0.3 is 0 Å². The van der Waals surface area contributed by atoms with Crippen LogP contribution in [-0.2, 0) is 35.2 Å². The average molecular weight is 757 g/mol. The van der Waals surface area contributed by atoms with Gasteiger partial charge in [-0.15, -0.1) is 0 Å². The van der Waals surface area contributed by atoms with Crippen LogP contribution in [0.25, 0.3) is 0 Å².